The zero-order chi connectivity index (χ0) is 20.3. The summed E-state index contributed by atoms with van der Waals surface area (Å²) in [6.07, 6.45) is 3.25. The number of hydrogen-bond acceptors (Lipinski definition) is 8. The number of thioether (sulfide) groups is 2. The summed E-state index contributed by atoms with van der Waals surface area (Å²) in [5, 5.41) is 11.7. The molecule has 0 aromatic carbocycles. The Morgan fingerprint density at radius 2 is 2.07 bits per heavy atom. The molecule has 0 radical (unpaired) electrons. The van der Waals surface area contributed by atoms with E-state index in [1.54, 1.807) is 24.5 Å². The molecule has 3 rings (SSSR count). The zero-order valence-corrected chi connectivity index (χ0v) is 16.4. The van der Waals surface area contributed by atoms with E-state index >= 15 is 0 Å². The molecule has 0 saturated carbocycles. The molecule has 2 N–H and O–H groups in total. The number of carbonyl (C=O) groups excluding carboxylic acids is 3. The number of carboxylic acid groups (broad SMARTS) is 1. The van der Waals surface area contributed by atoms with Gasteiger partial charge in [0, 0.05) is 35.5 Å². The van der Waals surface area contributed by atoms with E-state index in [9.17, 15) is 24.3 Å². The van der Waals surface area contributed by atoms with Crippen LogP contribution in [0.2, 0.25) is 0 Å². The molecule has 1 aromatic heterocycles. The number of fused-ring (bicyclic) bond motifs is 1. The number of nitrogens with one attached hydrogen (secondary N) is 1. The average Bonchev–Trinajstić information content (AvgIpc) is 2.68. The maximum absolute atomic E-state index is 12.5. The molecule has 3 heterocycles. The van der Waals surface area contributed by atoms with E-state index in [-0.39, 0.29) is 53.5 Å². The van der Waals surface area contributed by atoms with Crippen LogP contribution in [0.5, 0.6) is 0 Å². The van der Waals surface area contributed by atoms with Crippen LogP contribution in [0.4, 0.5) is 0 Å². The van der Waals surface area contributed by atoms with E-state index in [1.807, 2.05) is 0 Å². The van der Waals surface area contributed by atoms with Gasteiger partial charge in [0.2, 0.25) is 5.91 Å². The first-order chi connectivity index (χ1) is 13.4. The van der Waals surface area contributed by atoms with Crippen molar-refractivity contribution in [1.29, 1.82) is 0 Å². The minimum atomic E-state index is -1.26. The number of esters is 1. The molecule has 12 heteroatoms. The normalized spacial score (nSPS) is 20.2. The first kappa shape index (κ1) is 23.7. The Hall–Kier alpha value is -1.53. The molecule has 0 bridgehead atoms. The standard InChI is InChI=1S/C17H17N3O6S2.Na.H/c1-9(21)26-6-10-7-28-16-13(15(23)20(16)14(10)17(24)25)19-12(22)8-27-11-2-4-18-5-3-11;;/h2-5,13,16H,6-8H2,1H3,(H,19,22)(H,24,25);;/t13-,16-;;/m1../s1. The summed E-state index contributed by atoms with van der Waals surface area (Å²) in [4.78, 5) is 53.2. The van der Waals surface area contributed by atoms with Crippen molar-refractivity contribution < 1.29 is 29.0 Å². The van der Waals surface area contributed by atoms with Crippen molar-refractivity contribution >= 4 is 76.8 Å². The third kappa shape index (κ3) is 5.54. The van der Waals surface area contributed by atoms with Gasteiger partial charge in [0.05, 0.1) is 5.75 Å². The molecule has 1 saturated heterocycles. The van der Waals surface area contributed by atoms with Gasteiger partial charge in [0.1, 0.15) is 23.7 Å². The summed E-state index contributed by atoms with van der Waals surface area (Å²) in [7, 11) is 0. The number of amides is 2. The number of aromatic nitrogens is 1. The molecule has 2 aliphatic heterocycles. The molecule has 2 atom stereocenters. The summed E-state index contributed by atoms with van der Waals surface area (Å²) >= 11 is 2.64. The van der Waals surface area contributed by atoms with Crippen LogP contribution in [0, 0.1) is 0 Å². The zero-order valence-electron chi connectivity index (χ0n) is 14.8. The third-order valence-corrected chi connectivity index (χ3v) is 6.39. The van der Waals surface area contributed by atoms with Gasteiger partial charge in [-0.25, -0.2) is 4.79 Å². The maximum atomic E-state index is 12.5. The predicted molar refractivity (Wildman–Crippen MR) is 108 cm³/mol. The topological polar surface area (TPSA) is 126 Å². The second kappa shape index (κ2) is 10.5. The van der Waals surface area contributed by atoms with Crippen LogP contribution in [0.15, 0.2) is 40.7 Å². The van der Waals surface area contributed by atoms with E-state index in [0.29, 0.717) is 11.3 Å². The van der Waals surface area contributed by atoms with E-state index in [0.717, 1.165) is 9.80 Å². The van der Waals surface area contributed by atoms with Crippen LogP contribution in [-0.4, -0.2) is 97.8 Å². The Morgan fingerprint density at radius 1 is 1.38 bits per heavy atom. The van der Waals surface area contributed by atoms with E-state index in [4.69, 9.17) is 4.74 Å². The predicted octanol–water partition coefficient (Wildman–Crippen LogP) is -0.173. The average molecular weight is 447 g/mol. The third-order valence-electron chi connectivity index (χ3n) is 4.04. The Bertz CT molecular complexity index is 851. The molecule has 2 aliphatic rings. The van der Waals surface area contributed by atoms with Crippen molar-refractivity contribution in [1.82, 2.24) is 15.2 Å². The van der Waals surface area contributed by atoms with Crippen molar-refractivity contribution in [3.63, 3.8) is 0 Å². The molecule has 9 nitrogen and oxygen atoms in total. The molecular formula is C17H18N3NaO6S2. The number of nitrogens with zero attached hydrogens (tertiary/aromatic N) is 2. The van der Waals surface area contributed by atoms with Crippen molar-refractivity contribution in [2.45, 2.75) is 23.2 Å². The van der Waals surface area contributed by atoms with E-state index in [1.165, 1.54) is 30.4 Å². The molecule has 2 amide bonds. The summed E-state index contributed by atoms with van der Waals surface area (Å²) in [6.45, 7) is 1.05. The van der Waals surface area contributed by atoms with Gasteiger partial charge < -0.3 is 15.2 Å². The fraction of sp³-hybridized carbons (Fsp3) is 0.353. The fourth-order valence-corrected chi connectivity index (χ4v) is 4.80. The fourth-order valence-electron chi connectivity index (χ4n) is 2.78. The number of aliphatic carboxylic acids is 1. The van der Waals surface area contributed by atoms with Crippen molar-refractivity contribution in [2.24, 2.45) is 0 Å². The number of rotatable bonds is 7. The van der Waals surface area contributed by atoms with E-state index in [2.05, 4.69) is 10.3 Å². The molecule has 1 fully saturated rings. The number of β-lactam (4-membered cyclic amide) rings is 1. The van der Waals surface area contributed by atoms with Gasteiger partial charge in [-0.2, -0.15) is 0 Å². The first-order valence-electron chi connectivity index (χ1n) is 8.24. The van der Waals surface area contributed by atoms with Crippen LogP contribution in [0.3, 0.4) is 0 Å². The van der Waals surface area contributed by atoms with Crippen molar-refractivity contribution in [2.75, 3.05) is 18.1 Å². The number of pyridine rings is 1. The molecule has 150 valence electrons. The van der Waals surface area contributed by atoms with Crippen LogP contribution in [0.1, 0.15) is 6.92 Å². The van der Waals surface area contributed by atoms with E-state index < -0.39 is 29.3 Å². The van der Waals surface area contributed by atoms with Gasteiger partial charge in [-0.05, 0) is 12.1 Å². The van der Waals surface area contributed by atoms with Crippen LogP contribution in [0.25, 0.3) is 0 Å². The van der Waals surface area contributed by atoms with Crippen molar-refractivity contribution in [3.8, 4) is 0 Å². The molecule has 0 spiro atoms. The molecule has 0 unspecified atom stereocenters. The summed E-state index contributed by atoms with van der Waals surface area (Å²) in [6, 6.07) is 2.78. The Kier molecular flexibility index (Phi) is 8.58. The first-order valence-corrected chi connectivity index (χ1v) is 10.3. The second-order valence-corrected chi connectivity index (χ2v) is 8.12. The summed E-state index contributed by atoms with van der Waals surface area (Å²) in [5.74, 6) is -2.18. The Labute approximate surface area is 197 Å². The number of ether oxygens (including phenoxy) is 1. The molecule has 29 heavy (non-hydrogen) atoms. The summed E-state index contributed by atoms with van der Waals surface area (Å²) < 4.78 is 4.88. The number of carboxylic acids is 1. The van der Waals surface area contributed by atoms with Gasteiger partial charge in [-0.1, -0.05) is 0 Å². The second-order valence-electron chi connectivity index (χ2n) is 5.96. The van der Waals surface area contributed by atoms with Crippen molar-refractivity contribution in [3.05, 3.63) is 35.8 Å². The van der Waals surface area contributed by atoms with Crippen LogP contribution in [-0.2, 0) is 23.9 Å². The minimum absolute atomic E-state index is 0. The van der Waals surface area contributed by atoms with Crippen LogP contribution < -0.4 is 5.32 Å². The molecular weight excluding hydrogens is 429 g/mol. The van der Waals surface area contributed by atoms with Gasteiger partial charge in [-0.3, -0.25) is 24.3 Å². The molecule has 0 aliphatic carbocycles. The van der Waals surface area contributed by atoms with Gasteiger partial charge >= 0.3 is 41.5 Å². The number of hydrogen-bond donors (Lipinski definition) is 2. The Morgan fingerprint density at radius 3 is 2.69 bits per heavy atom. The quantitative estimate of drug-likeness (QED) is 0.253. The Balaban J connectivity index is 0.00000300. The summed E-state index contributed by atoms with van der Waals surface area (Å²) in [5.41, 5.74) is 0.182. The number of carbonyl (C=O) groups is 4. The molecule has 1 aromatic rings. The monoisotopic (exact) mass is 447 g/mol. The SMILES string of the molecule is CC(=O)OCC1=C(C(=O)O)N2C(=O)[C@@H](NC(=O)CSc3ccncc3)[C@H]2SC1.[NaH]. The van der Waals surface area contributed by atoms with Gasteiger partial charge in [-0.15, -0.1) is 23.5 Å². The van der Waals surface area contributed by atoms with Gasteiger partial charge in [0.15, 0.2) is 0 Å². The van der Waals surface area contributed by atoms with Gasteiger partial charge in [0.25, 0.3) is 5.91 Å². The van der Waals surface area contributed by atoms with Crippen LogP contribution >= 0.6 is 23.5 Å².